The van der Waals surface area contributed by atoms with E-state index in [1.807, 2.05) is 37.3 Å². The second kappa shape index (κ2) is 9.21. The number of piperidine rings is 1. The second-order valence-corrected chi connectivity index (χ2v) is 12.2. The van der Waals surface area contributed by atoms with Gasteiger partial charge < -0.3 is 24.3 Å². The van der Waals surface area contributed by atoms with Crippen molar-refractivity contribution in [2.24, 2.45) is 17.3 Å². The zero-order chi connectivity index (χ0) is 25.7. The van der Waals surface area contributed by atoms with Crippen molar-refractivity contribution < 1.29 is 23.6 Å². The predicted molar refractivity (Wildman–Crippen MR) is 138 cm³/mol. The van der Waals surface area contributed by atoms with E-state index in [1.54, 1.807) is 4.90 Å². The third kappa shape index (κ3) is 4.47. The topological polar surface area (TPSA) is 77.1 Å². The van der Waals surface area contributed by atoms with Crippen molar-refractivity contribution in [2.75, 3.05) is 13.1 Å². The van der Waals surface area contributed by atoms with Crippen molar-refractivity contribution in [1.82, 2.24) is 10.2 Å². The molecule has 5 aliphatic rings. The summed E-state index contributed by atoms with van der Waals surface area (Å²) in [5.41, 5.74) is 0.215. The van der Waals surface area contributed by atoms with Crippen LogP contribution in [0.4, 0.5) is 4.79 Å². The highest BCUT2D eigenvalue weighted by Gasteiger charge is 2.68. The average Bonchev–Trinajstić information content (AvgIpc) is 3.20. The molecule has 2 amide bonds. The molecule has 6 atom stereocenters. The Morgan fingerprint density at radius 2 is 2.00 bits per heavy atom. The van der Waals surface area contributed by atoms with Gasteiger partial charge in [-0.1, -0.05) is 50.8 Å². The lowest BCUT2D eigenvalue weighted by molar-refractivity contribution is -0.199. The van der Waals surface area contributed by atoms with E-state index in [1.165, 1.54) is 12.5 Å². The van der Waals surface area contributed by atoms with Gasteiger partial charge in [0.2, 0.25) is 5.91 Å². The summed E-state index contributed by atoms with van der Waals surface area (Å²) in [6.45, 7) is 13.3. The van der Waals surface area contributed by atoms with Crippen LogP contribution in [0.1, 0.15) is 58.9 Å². The van der Waals surface area contributed by atoms with E-state index in [-0.39, 0.29) is 23.0 Å². The third-order valence-corrected chi connectivity index (χ3v) is 9.38. The number of nitrogens with one attached hydrogen (secondary N) is 1. The molecule has 194 valence electrons. The molecule has 1 aromatic carbocycles. The zero-order valence-electron chi connectivity index (χ0n) is 22.0. The van der Waals surface area contributed by atoms with Gasteiger partial charge in [-0.2, -0.15) is 0 Å². The number of carbonyl (C=O) groups excluding carboxylic acids is 2. The smallest absolute Gasteiger partial charge is 0.441 e. The molecule has 8 heteroatoms. The van der Waals surface area contributed by atoms with Crippen molar-refractivity contribution in [3.05, 3.63) is 48.6 Å². The first-order valence-corrected chi connectivity index (χ1v) is 13.3. The number of rotatable bonds is 6. The first kappa shape index (κ1) is 25.3. The molecule has 36 heavy (non-hydrogen) atoms. The highest BCUT2D eigenvalue weighted by atomic mass is 16.7. The maximum absolute atomic E-state index is 13.2. The summed E-state index contributed by atoms with van der Waals surface area (Å²) in [7, 11) is -0.555. The van der Waals surface area contributed by atoms with Gasteiger partial charge in [0.05, 0.1) is 24.2 Å². The zero-order valence-corrected chi connectivity index (χ0v) is 22.0. The Morgan fingerprint density at radius 3 is 2.69 bits per heavy atom. The summed E-state index contributed by atoms with van der Waals surface area (Å²) in [6.07, 6.45) is 5.02. The van der Waals surface area contributed by atoms with Crippen LogP contribution >= 0.6 is 0 Å². The van der Waals surface area contributed by atoms with Gasteiger partial charge in [0.25, 0.3) is 0 Å². The van der Waals surface area contributed by atoms with E-state index in [0.29, 0.717) is 37.8 Å². The number of alkyl carbamates (subject to hydrolysis) is 1. The lowest BCUT2D eigenvalue weighted by atomic mass is 9.43. The molecule has 0 spiro atoms. The monoisotopic (exact) mass is 494 g/mol. The SMILES string of the molecule is C=CC(=O)N1CCCC(C)(OC(=O)N[C@@H](Cc2ccccc2)B2OC3C[C@@H]4C[C@@H](C4(C)C)[C@]3(C)O2)C1. The molecule has 0 aromatic heterocycles. The van der Waals surface area contributed by atoms with Crippen LogP contribution in [-0.2, 0) is 25.3 Å². The van der Waals surface area contributed by atoms with Gasteiger partial charge in [-0.15, -0.1) is 0 Å². The maximum atomic E-state index is 13.2. The summed E-state index contributed by atoms with van der Waals surface area (Å²) in [6, 6.07) is 10.1. The minimum atomic E-state index is -0.763. The van der Waals surface area contributed by atoms with Gasteiger partial charge in [0.1, 0.15) is 5.60 Å². The molecule has 1 N–H and O–H groups in total. The summed E-state index contributed by atoms with van der Waals surface area (Å²) in [5.74, 6) is 0.552. The molecule has 2 aliphatic heterocycles. The van der Waals surface area contributed by atoms with Crippen LogP contribution in [0.2, 0.25) is 0 Å². The molecule has 6 rings (SSSR count). The van der Waals surface area contributed by atoms with Crippen LogP contribution in [0.15, 0.2) is 43.0 Å². The minimum absolute atomic E-state index is 0.0321. The number of amides is 2. The van der Waals surface area contributed by atoms with Gasteiger partial charge >= 0.3 is 13.2 Å². The largest absolute Gasteiger partial charge is 0.482 e. The number of hydrogen-bond acceptors (Lipinski definition) is 5. The predicted octanol–water partition coefficient (Wildman–Crippen LogP) is 4.16. The fourth-order valence-corrected chi connectivity index (χ4v) is 7.17. The number of nitrogens with zero attached hydrogens (tertiary/aromatic N) is 1. The molecule has 2 bridgehead atoms. The van der Waals surface area contributed by atoms with Gasteiger partial charge in [0.15, 0.2) is 0 Å². The molecule has 3 aliphatic carbocycles. The first-order valence-electron chi connectivity index (χ1n) is 13.3. The highest BCUT2D eigenvalue weighted by molar-refractivity contribution is 6.47. The highest BCUT2D eigenvalue weighted by Crippen LogP contribution is 2.65. The van der Waals surface area contributed by atoms with E-state index in [2.05, 4.69) is 32.7 Å². The van der Waals surface area contributed by atoms with Crippen molar-refractivity contribution in [2.45, 2.75) is 83.0 Å². The molecule has 2 heterocycles. The number of hydrogen-bond donors (Lipinski definition) is 1. The minimum Gasteiger partial charge on any atom is -0.441 e. The fraction of sp³-hybridized carbons (Fsp3) is 0.643. The molecule has 2 saturated heterocycles. The molecule has 5 fully saturated rings. The van der Waals surface area contributed by atoms with Gasteiger partial charge in [-0.05, 0) is 74.8 Å². The van der Waals surface area contributed by atoms with Gasteiger partial charge in [0, 0.05) is 6.54 Å². The number of ether oxygens (including phenoxy) is 1. The first-order chi connectivity index (χ1) is 17.0. The Bertz CT molecular complexity index is 1020. The summed E-state index contributed by atoms with van der Waals surface area (Å²) < 4.78 is 19.2. The molecule has 1 aromatic rings. The van der Waals surface area contributed by atoms with Crippen molar-refractivity contribution in [1.29, 1.82) is 0 Å². The van der Waals surface area contributed by atoms with Crippen LogP contribution in [-0.4, -0.2) is 60.4 Å². The summed E-state index contributed by atoms with van der Waals surface area (Å²) in [4.78, 5) is 27.1. The second-order valence-electron chi connectivity index (χ2n) is 12.2. The Hall–Kier alpha value is -2.32. The standard InChI is InChI=1S/C28H39BN2O5/c1-6-24(32)31-14-10-13-27(4,18-31)34-25(33)30-23(15-19-11-8-7-9-12-19)29-35-22-17-20-16-21(26(20,2)3)28(22,5)36-29/h6-9,11-12,20-23H,1,10,13-18H2,2-5H3,(H,30,33)/t20-,21-,22?,23-,27?,28-/m0/s1. The van der Waals surface area contributed by atoms with Crippen molar-refractivity contribution in [3.8, 4) is 0 Å². The average molecular weight is 494 g/mol. The third-order valence-electron chi connectivity index (χ3n) is 9.38. The molecular formula is C28H39BN2O5. The number of carbonyl (C=O) groups is 2. The van der Waals surface area contributed by atoms with E-state index < -0.39 is 24.8 Å². The molecular weight excluding hydrogens is 455 g/mol. The van der Waals surface area contributed by atoms with Gasteiger partial charge in [-0.3, -0.25) is 4.79 Å². The van der Waals surface area contributed by atoms with E-state index in [9.17, 15) is 9.59 Å². The molecule has 3 saturated carbocycles. The van der Waals surface area contributed by atoms with Crippen LogP contribution in [0.5, 0.6) is 0 Å². The Kier molecular flexibility index (Phi) is 6.48. The maximum Gasteiger partial charge on any atom is 0.482 e. The fourth-order valence-electron chi connectivity index (χ4n) is 7.17. The Morgan fingerprint density at radius 1 is 1.25 bits per heavy atom. The number of likely N-dealkylation sites (tertiary alicyclic amines) is 1. The normalized spacial score (nSPS) is 35.3. The van der Waals surface area contributed by atoms with E-state index >= 15 is 0 Å². The molecule has 0 radical (unpaired) electrons. The molecule has 2 unspecified atom stereocenters. The summed E-state index contributed by atoms with van der Waals surface area (Å²) in [5, 5.41) is 3.08. The Balaban J connectivity index is 1.30. The van der Waals surface area contributed by atoms with Crippen molar-refractivity contribution >= 4 is 19.1 Å². The molecule has 7 nitrogen and oxygen atoms in total. The van der Waals surface area contributed by atoms with Crippen molar-refractivity contribution in [3.63, 3.8) is 0 Å². The quantitative estimate of drug-likeness (QED) is 0.475. The number of benzene rings is 1. The lowest BCUT2D eigenvalue weighted by Gasteiger charge is -2.64. The van der Waals surface area contributed by atoms with E-state index in [0.717, 1.165) is 18.4 Å². The van der Waals surface area contributed by atoms with Gasteiger partial charge in [-0.25, -0.2) is 4.79 Å². The van der Waals surface area contributed by atoms with Crippen LogP contribution in [0.3, 0.4) is 0 Å². The van der Waals surface area contributed by atoms with Crippen LogP contribution < -0.4 is 5.32 Å². The van der Waals surface area contributed by atoms with Crippen LogP contribution in [0, 0.1) is 17.3 Å². The van der Waals surface area contributed by atoms with Crippen LogP contribution in [0.25, 0.3) is 0 Å². The Labute approximate surface area is 215 Å². The summed E-state index contributed by atoms with van der Waals surface area (Å²) >= 11 is 0. The lowest BCUT2D eigenvalue weighted by Crippen LogP contribution is -2.65. The van der Waals surface area contributed by atoms with E-state index in [4.69, 9.17) is 14.0 Å².